The summed E-state index contributed by atoms with van der Waals surface area (Å²) in [5, 5.41) is 14.9. The van der Waals surface area contributed by atoms with Crippen molar-refractivity contribution in [2.24, 2.45) is 5.92 Å². The molecule has 0 radical (unpaired) electrons. The van der Waals surface area contributed by atoms with Gasteiger partial charge in [0.2, 0.25) is 0 Å². The van der Waals surface area contributed by atoms with Crippen LogP contribution in [0.25, 0.3) is 0 Å². The van der Waals surface area contributed by atoms with E-state index in [1.54, 1.807) is 12.1 Å². The molecule has 0 fully saturated rings. The maximum atomic E-state index is 11.7. The first-order chi connectivity index (χ1) is 8.93. The highest BCUT2D eigenvalue weighted by Gasteiger charge is 2.12. The Labute approximate surface area is 121 Å². The SMILES string of the molecule is COc1ccc(Br)cc1NC(=O)NCC(O)C(C)C. The first-order valence-corrected chi connectivity index (χ1v) is 6.79. The van der Waals surface area contributed by atoms with Gasteiger partial charge in [-0.1, -0.05) is 29.8 Å². The van der Waals surface area contributed by atoms with Gasteiger partial charge in [-0.05, 0) is 24.1 Å². The number of anilines is 1. The summed E-state index contributed by atoms with van der Waals surface area (Å²) in [5.74, 6) is 0.670. The first kappa shape index (κ1) is 15.8. The van der Waals surface area contributed by atoms with Gasteiger partial charge in [0, 0.05) is 11.0 Å². The molecule has 6 heteroatoms. The quantitative estimate of drug-likeness (QED) is 0.777. The third kappa shape index (κ3) is 5.08. The Kier molecular flexibility index (Phi) is 6.11. The zero-order valence-corrected chi connectivity index (χ0v) is 12.8. The van der Waals surface area contributed by atoms with Crippen LogP contribution in [-0.4, -0.2) is 30.9 Å². The third-order valence-electron chi connectivity index (χ3n) is 2.65. The smallest absolute Gasteiger partial charge is 0.319 e. The van der Waals surface area contributed by atoms with E-state index in [2.05, 4.69) is 26.6 Å². The molecule has 0 heterocycles. The molecule has 0 aliphatic heterocycles. The van der Waals surface area contributed by atoms with Gasteiger partial charge >= 0.3 is 6.03 Å². The highest BCUT2D eigenvalue weighted by atomic mass is 79.9. The largest absolute Gasteiger partial charge is 0.495 e. The Bertz CT molecular complexity index is 438. The van der Waals surface area contributed by atoms with Crippen LogP contribution >= 0.6 is 15.9 Å². The number of carbonyl (C=O) groups excluding carboxylic acids is 1. The summed E-state index contributed by atoms with van der Waals surface area (Å²) in [4.78, 5) is 11.7. The summed E-state index contributed by atoms with van der Waals surface area (Å²) in [7, 11) is 1.54. The normalized spacial score (nSPS) is 12.1. The van der Waals surface area contributed by atoms with Gasteiger partial charge in [-0.3, -0.25) is 0 Å². The molecule has 5 nitrogen and oxygen atoms in total. The molecule has 2 amide bonds. The third-order valence-corrected chi connectivity index (χ3v) is 3.14. The van der Waals surface area contributed by atoms with Crippen molar-refractivity contribution >= 4 is 27.6 Å². The number of aliphatic hydroxyl groups is 1. The molecule has 1 rings (SSSR count). The van der Waals surface area contributed by atoms with Gasteiger partial charge in [0.1, 0.15) is 5.75 Å². The van der Waals surface area contributed by atoms with Gasteiger partial charge in [-0.2, -0.15) is 0 Å². The van der Waals surface area contributed by atoms with Crippen molar-refractivity contribution in [3.8, 4) is 5.75 Å². The Hall–Kier alpha value is -1.27. The predicted octanol–water partition coefficient (Wildman–Crippen LogP) is 2.60. The van der Waals surface area contributed by atoms with Crippen molar-refractivity contribution in [3.63, 3.8) is 0 Å². The van der Waals surface area contributed by atoms with Crippen LogP contribution in [0.4, 0.5) is 10.5 Å². The molecule has 0 aliphatic carbocycles. The van der Waals surface area contributed by atoms with Crippen molar-refractivity contribution in [1.82, 2.24) is 5.32 Å². The van der Waals surface area contributed by atoms with Crippen LogP contribution in [0, 0.1) is 5.92 Å². The Morgan fingerprint density at radius 1 is 1.47 bits per heavy atom. The van der Waals surface area contributed by atoms with Gasteiger partial charge in [-0.25, -0.2) is 4.79 Å². The number of urea groups is 1. The van der Waals surface area contributed by atoms with Crippen LogP contribution in [0.2, 0.25) is 0 Å². The average molecular weight is 331 g/mol. The summed E-state index contributed by atoms with van der Waals surface area (Å²) in [6.07, 6.45) is -0.560. The fraction of sp³-hybridized carbons (Fsp3) is 0.462. The molecule has 1 aromatic rings. The number of benzene rings is 1. The predicted molar refractivity (Wildman–Crippen MR) is 78.6 cm³/mol. The van der Waals surface area contributed by atoms with Crippen LogP contribution < -0.4 is 15.4 Å². The number of aliphatic hydroxyl groups excluding tert-OH is 1. The lowest BCUT2D eigenvalue weighted by molar-refractivity contribution is 0.126. The van der Waals surface area contributed by atoms with E-state index in [9.17, 15) is 9.90 Å². The van der Waals surface area contributed by atoms with Crippen LogP contribution in [0.3, 0.4) is 0 Å². The summed E-state index contributed by atoms with van der Waals surface area (Å²) < 4.78 is 5.99. The molecule has 0 saturated heterocycles. The molecule has 19 heavy (non-hydrogen) atoms. The zero-order chi connectivity index (χ0) is 14.4. The van der Waals surface area contributed by atoms with E-state index in [4.69, 9.17) is 4.74 Å². The molecule has 106 valence electrons. The fourth-order valence-corrected chi connectivity index (χ4v) is 1.74. The number of hydrogen-bond acceptors (Lipinski definition) is 3. The molecule has 1 atom stereocenters. The molecule has 0 aliphatic rings. The van der Waals surface area contributed by atoms with E-state index in [0.29, 0.717) is 11.4 Å². The zero-order valence-electron chi connectivity index (χ0n) is 11.2. The highest BCUT2D eigenvalue weighted by molar-refractivity contribution is 9.10. The molecule has 0 aromatic heterocycles. The number of hydrogen-bond donors (Lipinski definition) is 3. The molecule has 0 bridgehead atoms. The van der Waals surface area contributed by atoms with E-state index in [1.807, 2.05) is 19.9 Å². The second kappa shape index (κ2) is 7.35. The number of ether oxygens (including phenoxy) is 1. The van der Waals surface area contributed by atoms with E-state index >= 15 is 0 Å². The minimum absolute atomic E-state index is 0.0979. The van der Waals surface area contributed by atoms with Gasteiger partial charge in [0.15, 0.2) is 0 Å². The maximum absolute atomic E-state index is 11.7. The maximum Gasteiger partial charge on any atom is 0.319 e. The van der Waals surface area contributed by atoms with E-state index in [-0.39, 0.29) is 18.5 Å². The van der Waals surface area contributed by atoms with Gasteiger partial charge in [0.25, 0.3) is 0 Å². The molecule has 0 spiro atoms. The van der Waals surface area contributed by atoms with E-state index in [0.717, 1.165) is 4.47 Å². The lowest BCUT2D eigenvalue weighted by atomic mass is 10.1. The Balaban J connectivity index is 2.59. The molecular formula is C13H19BrN2O3. The lowest BCUT2D eigenvalue weighted by Gasteiger charge is -2.16. The van der Waals surface area contributed by atoms with E-state index in [1.165, 1.54) is 7.11 Å². The van der Waals surface area contributed by atoms with Crippen molar-refractivity contribution in [1.29, 1.82) is 0 Å². The van der Waals surface area contributed by atoms with Crippen LogP contribution in [0.5, 0.6) is 5.75 Å². The Morgan fingerprint density at radius 2 is 2.16 bits per heavy atom. The van der Waals surface area contributed by atoms with Gasteiger partial charge in [-0.15, -0.1) is 0 Å². The summed E-state index contributed by atoms with van der Waals surface area (Å²) >= 11 is 3.33. The van der Waals surface area contributed by atoms with Gasteiger partial charge in [0.05, 0.1) is 18.9 Å². The van der Waals surface area contributed by atoms with Crippen LogP contribution in [-0.2, 0) is 0 Å². The van der Waals surface area contributed by atoms with Gasteiger partial charge < -0.3 is 20.5 Å². The second-order valence-electron chi connectivity index (χ2n) is 4.49. The summed E-state index contributed by atoms with van der Waals surface area (Å²) in [6, 6.07) is 4.95. The summed E-state index contributed by atoms with van der Waals surface area (Å²) in [5.41, 5.74) is 0.563. The molecular weight excluding hydrogens is 312 g/mol. The van der Waals surface area contributed by atoms with Crippen molar-refractivity contribution in [2.75, 3.05) is 19.0 Å². The average Bonchev–Trinajstić information content (AvgIpc) is 2.36. The van der Waals surface area contributed by atoms with E-state index < -0.39 is 6.10 Å². The Morgan fingerprint density at radius 3 is 2.74 bits per heavy atom. The molecule has 1 unspecified atom stereocenters. The number of rotatable bonds is 5. The monoisotopic (exact) mass is 330 g/mol. The van der Waals surface area contributed by atoms with Crippen molar-refractivity contribution < 1.29 is 14.6 Å². The standard InChI is InChI=1S/C13H19BrN2O3/c1-8(2)11(17)7-15-13(18)16-10-6-9(14)4-5-12(10)19-3/h4-6,8,11,17H,7H2,1-3H3,(H2,15,16,18). The number of amides is 2. The second-order valence-corrected chi connectivity index (χ2v) is 5.41. The number of nitrogens with one attached hydrogen (secondary N) is 2. The minimum atomic E-state index is -0.560. The molecule has 3 N–H and O–H groups in total. The van der Waals surface area contributed by atoms with Crippen molar-refractivity contribution in [2.45, 2.75) is 20.0 Å². The number of halogens is 1. The first-order valence-electron chi connectivity index (χ1n) is 6.00. The number of methoxy groups -OCH3 is 1. The van der Waals surface area contributed by atoms with Crippen molar-refractivity contribution in [3.05, 3.63) is 22.7 Å². The molecule has 1 aromatic carbocycles. The number of carbonyl (C=O) groups is 1. The fourth-order valence-electron chi connectivity index (χ4n) is 1.38. The van der Waals surface area contributed by atoms with Crippen LogP contribution in [0.15, 0.2) is 22.7 Å². The minimum Gasteiger partial charge on any atom is -0.495 e. The topological polar surface area (TPSA) is 70.6 Å². The lowest BCUT2D eigenvalue weighted by Crippen LogP contribution is -2.37. The highest BCUT2D eigenvalue weighted by Crippen LogP contribution is 2.27. The molecule has 0 saturated carbocycles. The summed E-state index contributed by atoms with van der Waals surface area (Å²) in [6.45, 7) is 3.99. The van der Waals surface area contributed by atoms with Crippen LogP contribution in [0.1, 0.15) is 13.8 Å².